The lowest BCUT2D eigenvalue weighted by Gasteiger charge is -2.11. The second-order valence-corrected chi connectivity index (χ2v) is 5.90. The molecule has 118 valence electrons. The zero-order valence-corrected chi connectivity index (χ0v) is 13.1. The number of nitriles is 1. The summed E-state index contributed by atoms with van der Waals surface area (Å²) in [6.45, 7) is 0.693. The summed E-state index contributed by atoms with van der Waals surface area (Å²) in [5.74, 6) is -1.15. The summed E-state index contributed by atoms with van der Waals surface area (Å²) in [6.07, 6.45) is 3.84. The number of hydrogen-bond acceptors (Lipinski definition) is 4. The van der Waals surface area contributed by atoms with Crippen molar-refractivity contribution in [2.75, 3.05) is 0 Å². The van der Waals surface area contributed by atoms with E-state index < -0.39 is 17.5 Å². The van der Waals surface area contributed by atoms with Crippen molar-refractivity contribution in [1.29, 1.82) is 5.26 Å². The van der Waals surface area contributed by atoms with Gasteiger partial charge in [0.1, 0.15) is 11.6 Å². The first-order valence-electron chi connectivity index (χ1n) is 7.42. The molecule has 0 bridgehead atoms. The van der Waals surface area contributed by atoms with E-state index in [1.807, 2.05) is 10.6 Å². The molecule has 23 heavy (non-hydrogen) atoms. The normalized spacial score (nSPS) is 15.3. The van der Waals surface area contributed by atoms with Crippen LogP contribution in [0.15, 0.2) is 18.2 Å². The lowest BCUT2D eigenvalue weighted by molar-refractivity contribution is 0.0974. The van der Waals surface area contributed by atoms with Crippen molar-refractivity contribution in [2.24, 2.45) is 0 Å². The summed E-state index contributed by atoms with van der Waals surface area (Å²) >= 11 is 5.63. The lowest BCUT2D eigenvalue weighted by atomic mass is 9.98. The van der Waals surface area contributed by atoms with Crippen LogP contribution in [0, 0.1) is 17.1 Å². The molecule has 2 heterocycles. The van der Waals surface area contributed by atoms with Crippen LogP contribution >= 0.6 is 11.6 Å². The van der Waals surface area contributed by atoms with Gasteiger partial charge in [0, 0.05) is 18.5 Å². The smallest absolute Gasteiger partial charge is 0.187 e. The second kappa shape index (κ2) is 6.47. The molecule has 1 aromatic heterocycles. The maximum atomic E-state index is 13.6. The molecular weight excluding hydrogens is 319 g/mol. The van der Waals surface area contributed by atoms with Gasteiger partial charge in [0.05, 0.1) is 11.1 Å². The Hall–Kier alpha value is -2.26. The lowest BCUT2D eigenvalue weighted by Crippen LogP contribution is -2.17. The van der Waals surface area contributed by atoms with Crippen molar-refractivity contribution < 1.29 is 9.18 Å². The summed E-state index contributed by atoms with van der Waals surface area (Å²) in [4.78, 5) is 12.6. The van der Waals surface area contributed by atoms with E-state index >= 15 is 0 Å². The van der Waals surface area contributed by atoms with Gasteiger partial charge in [-0.25, -0.2) is 4.39 Å². The number of carbonyl (C=O) groups is 1. The van der Waals surface area contributed by atoms with E-state index in [1.54, 1.807) is 0 Å². The highest BCUT2D eigenvalue weighted by atomic mass is 35.5. The zero-order valence-electron chi connectivity index (χ0n) is 12.3. The molecule has 2 aromatic rings. The third kappa shape index (κ3) is 2.97. The van der Waals surface area contributed by atoms with Crippen LogP contribution < -0.4 is 0 Å². The third-order valence-electron chi connectivity index (χ3n) is 3.99. The number of carbonyl (C=O) groups excluding carboxylic acids is 1. The molecule has 3 rings (SSSR count). The molecule has 0 amide bonds. The van der Waals surface area contributed by atoms with Gasteiger partial charge in [-0.15, -0.1) is 10.2 Å². The molecule has 1 aromatic carbocycles. The van der Waals surface area contributed by atoms with Gasteiger partial charge >= 0.3 is 0 Å². The number of fused-ring (bicyclic) bond motifs is 1. The first-order chi connectivity index (χ1) is 11.1. The largest absolute Gasteiger partial charge is 0.313 e. The summed E-state index contributed by atoms with van der Waals surface area (Å²) in [5.41, 5.74) is 0.101. The summed E-state index contributed by atoms with van der Waals surface area (Å²) in [7, 11) is 0. The number of ketones is 1. The minimum absolute atomic E-state index is 0.0635. The molecule has 0 N–H and O–H groups in total. The first-order valence-corrected chi connectivity index (χ1v) is 7.80. The van der Waals surface area contributed by atoms with E-state index in [1.165, 1.54) is 12.1 Å². The predicted octanol–water partition coefficient (Wildman–Crippen LogP) is 3.29. The quantitative estimate of drug-likeness (QED) is 0.808. The summed E-state index contributed by atoms with van der Waals surface area (Å²) < 4.78 is 15.4. The van der Waals surface area contributed by atoms with Gasteiger partial charge in [0.15, 0.2) is 17.5 Å². The van der Waals surface area contributed by atoms with E-state index in [-0.39, 0.29) is 10.6 Å². The fourth-order valence-corrected chi connectivity index (χ4v) is 2.89. The Kier molecular flexibility index (Phi) is 4.39. The van der Waals surface area contributed by atoms with Crippen molar-refractivity contribution in [3.05, 3.63) is 46.3 Å². The number of rotatable bonds is 3. The van der Waals surface area contributed by atoms with Crippen LogP contribution in [0.25, 0.3) is 0 Å². The Morgan fingerprint density at radius 1 is 1.35 bits per heavy atom. The van der Waals surface area contributed by atoms with Gasteiger partial charge in [-0.2, -0.15) is 5.26 Å². The molecular formula is C16H14ClFN4O. The van der Waals surface area contributed by atoms with Gasteiger partial charge in [-0.3, -0.25) is 4.79 Å². The molecule has 1 atom stereocenters. The fraction of sp³-hybridized carbons (Fsp3) is 0.375. The maximum Gasteiger partial charge on any atom is 0.187 e. The minimum atomic E-state index is -1.10. The molecule has 5 nitrogen and oxygen atoms in total. The third-order valence-corrected chi connectivity index (χ3v) is 4.30. The SMILES string of the molecule is N#C[C@@H](C(=O)c1ccc(Cl)c(F)c1)c1nnc2n1CCCCC2. The topological polar surface area (TPSA) is 71.6 Å². The van der Waals surface area contributed by atoms with Gasteiger partial charge < -0.3 is 4.57 Å². The molecule has 7 heteroatoms. The van der Waals surface area contributed by atoms with Crippen molar-refractivity contribution in [1.82, 2.24) is 14.8 Å². The Bertz CT molecular complexity index is 796. The van der Waals surface area contributed by atoms with Crippen LogP contribution in [0.5, 0.6) is 0 Å². The average Bonchev–Trinajstić information content (AvgIpc) is 2.79. The second-order valence-electron chi connectivity index (χ2n) is 5.49. The van der Waals surface area contributed by atoms with Gasteiger partial charge in [0.2, 0.25) is 0 Å². The molecule has 1 aliphatic rings. The molecule has 0 saturated carbocycles. The number of hydrogen-bond donors (Lipinski definition) is 0. The van der Waals surface area contributed by atoms with Crippen LogP contribution in [0.2, 0.25) is 5.02 Å². The van der Waals surface area contributed by atoms with E-state index in [4.69, 9.17) is 11.6 Å². The number of nitrogens with zero attached hydrogens (tertiary/aromatic N) is 4. The van der Waals surface area contributed by atoms with Crippen LogP contribution in [0.3, 0.4) is 0 Å². The fourth-order valence-electron chi connectivity index (χ4n) is 2.77. The number of benzene rings is 1. The molecule has 0 spiro atoms. The van der Waals surface area contributed by atoms with Crippen LogP contribution in [-0.2, 0) is 13.0 Å². The van der Waals surface area contributed by atoms with E-state index in [2.05, 4.69) is 10.2 Å². The van der Waals surface area contributed by atoms with Crippen LogP contribution in [-0.4, -0.2) is 20.5 Å². The molecule has 0 fully saturated rings. The molecule has 0 aliphatic carbocycles. The maximum absolute atomic E-state index is 13.6. The van der Waals surface area contributed by atoms with Crippen molar-refractivity contribution in [3.8, 4) is 6.07 Å². The van der Waals surface area contributed by atoms with Gasteiger partial charge in [-0.1, -0.05) is 18.0 Å². The van der Waals surface area contributed by atoms with E-state index in [9.17, 15) is 14.4 Å². The summed E-state index contributed by atoms with van der Waals surface area (Å²) in [5, 5.41) is 17.5. The van der Waals surface area contributed by atoms with Crippen LogP contribution in [0.4, 0.5) is 4.39 Å². The summed E-state index contributed by atoms with van der Waals surface area (Å²) in [6, 6.07) is 5.75. The molecule has 1 aliphatic heterocycles. The highest BCUT2D eigenvalue weighted by molar-refractivity contribution is 6.30. The predicted molar refractivity (Wildman–Crippen MR) is 81.7 cm³/mol. The standard InChI is InChI=1S/C16H14ClFN4O/c17-12-6-5-10(8-13(12)18)15(23)11(9-19)16-21-20-14-4-2-1-3-7-22(14)16/h5-6,8,11H,1-4,7H2/t11-/m0/s1. The Morgan fingerprint density at radius 3 is 2.91 bits per heavy atom. The minimum Gasteiger partial charge on any atom is -0.313 e. The first kappa shape index (κ1) is 15.6. The number of aryl methyl sites for hydroxylation is 1. The van der Waals surface area contributed by atoms with E-state index in [0.29, 0.717) is 12.4 Å². The highest BCUT2D eigenvalue weighted by Gasteiger charge is 2.29. The monoisotopic (exact) mass is 332 g/mol. The Balaban J connectivity index is 1.97. The number of Topliss-reactive ketones (excluding diaryl/α,β-unsaturated/α-hetero) is 1. The highest BCUT2D eigenvalue weighted by Crippen LogP contribution is 2.24. The number of halogens is 2. The van der Waals surface area contributed by atoms with Crippen molar-refractivity contribution >= 4 is 17.4 Å². The zero-order chi connectivity index (χ0) is 16.4. The van der Waals surface area contributed by atoms with Crippen molar-refractivity contribution in [2.45, 2.75) is 38.1 Å². The van der Waals surface area contributed by atoms with Crippen LogP contribution in [0.1, 0.15) is 47.2 Å². The van der Waals surface area contributed by atoms with Gasteiger partial charge in [0.25, 0.3) is 0 Å². The van der Waals surface area contributed by atoms with Gasteiger partial charge in [-0.05, 0) is 31.0 Å². The molecule has 0 unspecified atom stereocenters. The number of aromatic nitrogens is 3. The average molecular weight is 333 g/mol. The van der Waals surface area contributed by atoms with E-state index in [0.717, 1.165) is 37.6 Å². The Morgan fingerprint density at radius 2 is 2.17 bits per heavy atom. The molecule has 0 radical (unpaired) electrons. The van der Waals surface area contributed by atoms with Crippen molar-refractivity contribution in [3.63, 3.8) is 0 Å². The Labute approximate surface area is 137 Å². The molecule has 0 saturated heterocycles.